The molecule has 2 aliphatic rings. The van der Waals surface area contributed by atoms with E-state index in [9.17, 15) is 4.79 Å². The number of amides is 1. The van der Waals surface area contributed by atoms with Crippen LogP contribution in [-0.4, -0.2) is 37.7 Å². The number of carbonyl (C=O) groups excluding carboxylic acids is 1. The van der Waals surface area contributed by atoms with E-state index in [0.29, 0.717) is 30.9 Å². The number of nitrogens with one attached hydrogen (secondary N) is 2. The van der Waals surface area contributed by atoms with Gasteiger partial charge in [0, 0.05) is 7.11 Å². The van der Waals surface area contributed by atoms with Crippen molar-refractivity contribution in [3.05, 3.63) is 0 Å². The van der Waals surface area contributed by atoms with Gasteiger partial charge in [-0.15, -0.1) is 0 Å². The highest BCUT2D eigenvalue weighted by atomic mass is 16.5. The van der Waals surface area contributed by atoms with Crippen molar-refractivity contribution in [2.75, 3.05) is 20.3 Å². The Bertz CT molecular complexity index is 368. The third-order valence-electron chi connectivity index (χ3n) is 4.32. The van der Waals surface area contributed by atoms with E-state index in [-0.39, 0.29) is 5.91 Å². The van der Waals surface area contributed by atoms with Gasteiger partial charge in [0.15, 0.2) is 5.96 Å². The van der Waals surface area contributed by atoms with Crippen LogP contribution >= 0.6 is 0 Å². The second kappa shape index (κ2) is 5.90. The van der Waals surface area contributed by atoms with Crippen LogP contribution in [0.25, 0.3) is 0 Å². The molecule has 1 aliphatic carbocycles. The Morgan fingerprint density at radius 2 is 2.26 bits per heavy atom. The van der Waals surface area contributed by atoms with Crippen LogP contribution in [0.15, 0.2) is 4.99 Å². The third kappa shape index (κ3) is 2.76. The van der Waals surface area contributed by atoms with Crippen LogP contribution in [0, 0.1) is 11.8 Å². The average molecular weight is 267 g/mol. The summed E-state index contributed by atoms with van der Waals surface area (Å²) in [5, 5.41) is 6.28. The number of nitrogens with zero attached hydrogens (tertiary/aromatic N) is 1. The minimum absolute atomic E-state index is 0.0991. The summed E-state index contributed by atoms with van der Waals surface area (Å²) in [7, 11) is 1.65. The number of carbonyl (C=O) groups is 1. The van der Waals surface area contributed by atoms with Crippen molar-refractivity contribution in [1.82, 2.24) is 10.6 Å². The maximum absolute atomic E-state index is 12.4. The van der Waals surface area contributed by atoms with Gasteiger partial charge in [-0.2, -0.15) is 0 Å². The quantitative estimate of drug-likeness (QED) is 0.755. The highest BCUT2D eigenvalue weighted by molar-refractivity contribution is 6.09. The Morgan fingerprint density at radius 3 is 2.95 bits per heavy atom. The first-order chi connectivity index (χ1) is 9.10. The lowest BCUT2D eigenvalue weighted by molar-refractivity contribution is -0.128. The lowest BCUT2D eigenvalue weighted by Gasteiger charge is -2.41. The van der Waals surface area contributed by atoms with Gasteiger partial charge in [-0.25, -0.2) is 0 Å². The summed E-state index contributed by atoms with van der Waals surface area (Å²) in [6.45, 7) is 5.54. The van der Waals surface area contributed by atoms with E-state index in [1.165, 1.54) is 6.42 Å². The zero-order valence-corrected chi connectivity index (χ0v) is 12.2. The smallest absolute Gasteiger partial charge is 0.252 e. The zero-order chi connectivity index (χ0) is 13.9. The fraction of sp³-hybridized carbons (Fsp3) is 0.857. The second-order valence-corrected chi connectivity index (χ2v) is 5.87. The molecular weight excluding hydrogens is 242 g/mol. The van der Waals surface area contributed by atoms with Crippen molar-refractivity contribution < 1.29 is 9.53 Å². The van der Waals surface area contributed by atoms with E-state index in [4.69, 9.17) is 4.74 Å². The molecule has 1 saturated carbocycles. The lowest BCUT2D eigenvalue weighted by atomic mass is 9.68. The van der Waals surface area contributed by atoms with Gasteiger partial charge in [0.1, 0.15) is 5.54 Å². The second-order valence-electron chi connectivity index (χ2n) is 5.87. The summed E-state index contributed by atoms with van der Waals surface area (Å²) in [5.41, 5.74) is -0.432. The molecule has 1 spiro atoms. The first kappa shape index (κ1) is 14.3. The predicted molar refractivity (Wildman–Crippen MR) is 75.0 cm³/mol. The maximum atomic E-state index is 12.4. The van der Waals surface area contributed by atoms with Crippen LogP contribution in [-0.2, 0) is 9.53 Å². The highest BCUT2D eigenvalue weighted by Gasteiger charge is 2.52. The molecule has 0 radical (unpaired) electrons. The van der Waals surface area contributed by atoms with Gasteiger partial charge < -0.3 is 10.1 Å². The van der Waals surface area contributed by atoms with Gasteiger partial charge >= 0.3 is 0 Å². The predicted octanol–water partition coefficient (Wildman–Crippen LogP) is 1.29. The molecule has 2 atom stereocenters. The molecule has 2 N–H and O–H groups in total. The van der Waals surface area contributed by atoms with Crippen LogP contribution in [0.2, 0.25) is 0 Å². The van der Waals surface area contributed by atoms with Crippen molar-refractivity contribution in [3.8, 4) is 0 Å². The van der Waals surface area contributed by atoms with Crippen molar-refractivity contribution in [1.29, 1.82) is 0 Å². The minimum atomic E-state index is -0.432. The Labute approximate surface area is 115 Å². The molecule has 1 aliphatic heterocycles. The van der Waals surface area contributed by atoms with E-state index in [1.54, 1.807) is 7.11 Å². The summed E-state index contributed by atoms with van der Waals surface area (Å²) in [5.74, 6) is 1.60. The molecule has 0 aromatic rings. The third-order valence-corrected chi connectivity index (χ3v) is 4.32. The Balaban J connectivity index is 2.13. The lowest BCUT2D eigenvalue weighted by Crippen LogP contribution is -2.56. The van der Waals surface area contributed by atoms with Crippen LogP contribution < -0.4 is 10.6 Å². The monoisotopic (exact) mass is 267 g/mol. The van der Waals surface area contributed by atoms with Gasteiger partial charge in [-0.1, -0.05) is 26.7 Å². The van der Waals surface area contributed by atoms with Gasteiger partial charge in [-0.05, 0) is 24.7 Å². The number of rotatable bonds is 4. The normalized spacial score (nSPS) is 32.9. The number of methoxy groups -OCH3 is 1. The molecule has 1 saturated heterocycles. The molecule has 5 nitrogen and oxygen atoms in total. The molecule has 0 aromatic heterocycles. The van der Waals surface area contributed by atoms with Gasteiger partial charge in [-0.3, -0.25) is 15.1 Å². The molecular formula is C14H25N3O2. The Morgan fingerprint density at radius 1 is 1.47 bits per heavy atom. The zero-order valence-electron chi connectivity index (χ0n) is 12.2. The first-order valence-electron chi connectivity index (χ1n) is 7.23. The largest absolute Gasteiger partial charge is 0.383 e. The van der Waals surface area contributed by atoms with Crippen LogP contribution in [0.5, 0.6) is 0 Å². The molecule has 1 amide bonds. The molecule has 0 aromatic carbocycles. The molecule has 19 heavy (non-hydrogen) atoms. The topological polar surface area (TPSA) is 62.7 Å². The minimum Gasteiger partial charge on any atom is -0.383 e. The van der Waals surface area contributed by atoms with E-state index >= 15 is 0 Å². The summed E-state index contributed by atoms with van der Waals surface area (Å²) in [4.78, 5) is 16.8. The van der Waals surface area contributed by atoms with E-state index in [2.05, 4.69) is 29.5 Å². The molecule has 0 bridgehead atoms. The molecule has 2 unspecified atom stereocenters. The standard InChI is InChI=1S/C14H25N3O2/c1-10(2)11-6-4-5-7-14(11)12(18)16-13(17-14)15-8-9-19-3/h10-11H,4-9H2,1-3H3,(H2,15,16,17,18). The molecule has 1 heterocycles. The summed E-state index contributed by atoms with van der Waals surface area (Å²) in [6.07, 6.45) is 4.35. The molecule has 2 fully saturated rings. The fourth-order valence-electron chi connectivity index (χ4n) is 3.39. The van der Waals surface area contributed by atoms with Gasteiger partial charge in [0.05, 0.1) is 13.2 Å². The summed E-state index contributed by atoms with van der Waals surface area (Å²) >= 11 is 0. The number of hydrogen-bond acceptors (Lipinski definition) is 3. The molecule has 108 valence electrons. The van der Waals surface area contributed by atoms with Crippen LogP contribution in [0.4, 0.5) is 0 Å². The Kier molecular flexibility index (Phi) is 4.45. The van der Waals surface area contributed by atoms with E-state index in [1.807, 2.05) is 0 Å². The molecule has 2 rings (SSSR count). The van der Waals surface area contributed by atoms with Crippen molar-refractivity contribution >= 4 is 11.9 Å². The number of guanidine groups is 1. The number of aliphatic imine (C=N–C) groups is 1. The number of ether oxygens (including phenoxy) is 1. The van der Waals surface area contributed by atoms with Crippen molar-refractivity contribution in [2.24, 2.45) is 16.8 Å². The first-order valence-corrected chi connectivity index (χ1v) is 7.23. The van der Waals surface area contributed by atoms with Gasteiger partial charge in [0.25, 0.3) is 5.91 Å². The van der Waals surface area contributed by atoms with Crippen molar-refractivity contribution in [2.45, 2.75) is 45.1 Å². The van der Waals surface area contributed by atoms with E-state index in [0.717, 1.165) is 19.3 Å². The Hall–Kier alpha value is -1.10. The fourth-order valence-corrected chi connectivity index (χ4v) is 3.39. The summed E-state index contributed by atoms with van der Waals surface area (Å²) in [6, 6.07) is 0. The average Bonchev–Trinajstić information content (AvgIpc) is 2.67. The number of hydrogen-bond donors (Lipinski definition) is 2. The maximum Gasteiger partial charge on any atom is 0.252 e. The van der Waals surface area contributed by atoms with Gasteiger partial charge in [0.2, 0.25) is 0 Å². The molecule has 5 heteroatoms. The highest BCUT2D eigenvalue weighted by Crippen LogP contribution is 2.40. The van der Waals surface area contributed by atoms with E-state index < -0.39 is 5.54 Å². The SMILES string of the molecule is COCCN=C1NC(=O)C2(CCCCC2C(C)C)N1. The van der Waals surface area contributed by atoms with Crippen LogP contribution in [0.1, 0.15) is 39.5 Å². The van der Waals surface area contributed by atoms with Crippen molar-refractivity contribution in [3.63, 3.8) is 0 Å². The van der Waals surface area contributed by atoms with Crippen LogP contribution in [0.3, 0.4) is 0 Å². The summed E-state index contributed by atoms with van der Waals surface area (Å²) < 4.78 is 4.98.